The number of fused-ring (bicyclic) bond motifs is 1. The molecule has 7 nitrogen and oxygen atoms in total. The smallest absolute Gasteiger partial charge is 0.261 e. The SMILES string of the molecule is COc1cc2nc(C3CCOCC3)cn2cc1C(=O)Nc1cc(F)ccc1OC(C)C. The maximum Gasteiger partial charge on any atom is 0.261 e. The van der Waals surface area contributed by atoms with E-state index < -0.39 is 11.7 Å². The Morgan fingerprint density at radius 3 is 2.71 bits per heavy atom. The van der Waals surface area contributed by atoms with Gasteiger partial charge in [-0.1, -0.05) is 0 Å². The molecule has 0 bridgehead atoms. The molecular weight excluding hydrogens is 401 g/mol. The van der Waals surface area contributed by atoms with Gasteiger partial charge in [0.15, 0.2) is 0 Å². The Hall–Kier alpha value is -3.13. The van der Waals surface area contributed by atoms with Crippen LogP contribution in [0, 0.1) is 5.82 Å². The Morgan fingerprint density at radius 2 is 2.00 bits per heavy atom. The second-order valence-electron chi connectivity index (χ2n) is 7.83. The Morgan fingerprint density at radius 1 is 1.23 bits per heavy atom. The molecule has 8 heteroatoms. The van der Waals surface area contributed by atoms with Gasteiger partial charge in [-0.2, -0.15) is 0 Å². The van der Waals surface area contributed by atoms with Crippen LogP contribution in [0.3, 0.4) is 0 Å². The lowest BCUT2D eigenvalue weighted by Crippen LogP contribution is -2.16. The standard InChI is InChI=1S/C23H26FN3O4/c1-14(2)31-20-5-4-16(24)10-18(20)26-23(28)17-12-27-13-19(15-6-8-30-9-7-15)25-22(27)11-21(17)29-3/h4-5,10-15H,6-9H2,1-3H3,(H,26,28). The topological polar surface area (TPSA) is 74.1 Å². The van der Waals surface area contributed by atoms with E-state index in [-0.39, 0.29) is 11.8 Å². The zero-order chi connectivity index (χ0) is 22.0. The first-order valence-electron chi connectivity index (χ1n) is 10.4. The van der Waals surface area contributed by atoms with E-state index in [0.717, 1.165) is 31.7 Å². The number of carbonyl (C=O) groups is 1. The van der Waals surface area contributed by atoms with Crippen LogP contribution in [0.1, 0.15) is 48.7 Å². The number of imidazole rings is 1. The first kappa shape index (κ1) is 21.1. The summed E-state index contributed by atoms with van der Waals surface area (Å²) in [7, 11) is 1.50. The number of anilines is 1. The third-order valence-corrected chi connectivity index (χ3v) is 5.23. The second kappa shape index (κ2) is 8.93. The number of pyridine rings is 1. The van der Waals surface area contributed by atoms with Crippen molar-refractivity contribution in [2.75, 3.05) is 25.6 Å². The zero-order valence-corrected chi connectivity index (χ0v) is 17.9. The molecule has 0 spiro atoms. The number of hydrogen-bond donors (Lipinski definition) is 1. The summed E-state index contributed by atoms with van der Waals surface area (Å²) >= 11 is 0. The quantitative estimate of drug-likeness (QED) is 0.631. The van der Waals surface area contributed by atoms with Crippen molar-refractivity contribution >= 4 is 17.2 Å². The summed E-state index contributed by atoms with van der Waals surface area (Å²) in [5.74, 6) is 0.217. The highest BCUT2D eigenvalue weighted by atomic mass is 19.1. The highest BCUT2D eigenvalue weighted by Gasteiger charge is 2.21. The molecule has 2 aromatic heterocycles. The van der Waals surface area contributed by atoms with Gasteiger partial charge in [0, 0.05) is 43.7 Å². The van der Waals surface area contributed by atoms with Crippen LogP contribution in [0.2, 0.25) is 0 Å². The molecule has 3 heterocycles. The van der Waals surface area contributed by atoms with Gasteiger partial charge in [0.2, 0.25) is 0 Å². The van der Waals surface area contributed by atoms with Crippen LogP contribution >= 0.6 is 0 Å². The summed E-state index contributed by atoms with van der Waals surface area (Å²) in [4.78, 5) is 17.8. The molecule has 1 aliphatic rings. The van der Waals surface area contributed by atoms with Crippen LogP contribution in [0.25, 0.3) is 5.65 Å². The fourth-order valence-electron chi connectivity index (χ4n) is 3.71. The molecule has 1 amide bonds. The van der Waals surface area contributed by atoms with Crippen molar-refractivity contribution in [3.63, 3.8) is 0 Å². The summed E-state index contributed by atoms with van der Waals surface area (Å²) in [5, 5.41) is 2.75. The minimum atomic E-state index is -0.468. The minimum absolute atomic E-state index is 0.124. The maximum absolute atomic E-state index is 13.8. The van der Waals surface area contributed by atoms with E-state index in [0.29, 0.717) is 28.6 Å². The lowest BCUT2D eigenvalue weighted by molar-refractivity contribution is 0.0846. The number of ether oxygens (including phenoxy) is 3. The van der Waals surface area contributed by atoms with E-state index in [1.807, 2.05) is 24.4 Å². The Balaban J connectivity index is 1.65. The molecule has 1 N–H and O–H groups in total. The Bertz CT molecular complexity index is 1090. The van der Waals surface area contributed by atoms with Crippen LogP contribution in [0.5, 0.6) is 11.5 Å². The molecule has 0 atom stereocenters. The number of benzene rings is 1. The van der Waals surface area contributed by atoms with Crippen LogP contribution < -0.4 is 14.8 Å². The fourth-order valence-corrected chi connectivity index (χ4v) is 3.71. The number of hydrogen-bond acceptors (Lipinski definition) is 5. The highest BCUT2D eigenvalue weighted by Crippen LogP contribution is 2.30. The normalized spacial score (nSPS) is 14.7. The zero-order valence-electron chi connectivity index (χ0n) is 17.9. The first-order valence-corrected chi connectivity index (χ1v) is 10.4. The number of rotatable bonds is 6. The number of halogens is 1. The van der Waals surface area contributed by atoms with Crippen molar-refractivity contribution in [3.05, 3.63) is 53.7 Å². The van der Waals surface area contributed by atoms with Crippen LogP contribution in [0.15, 0.2) is 36.7 Å². The van der Waals surface area contributed by atoms with E-state index in [9.17, 15) is 9.18 Å². The lowest BCUT2D eigenvalue weighted by atomic mass is 9.97. The average Bonchev–Trinajstić information content (AvgIpc) is 3.18. The van der Waals surface area contributed by atoms with Gasteiger partial charge in [-0.3, -0.25) is 4.79 Å². The molecule has 1 aromatic carbocycles. The van der Waals surface area contributed by atoms with Crippen molar-refractivity contribution in [1.29, 1.82) is 0 Å². The predicted molar refractivity (Wildman–Crippen MR) is 115 cm³/mol. The molecule has 0 aliphatic carbocycles. The van der Waals surface area contributed by atoms with Crippen LogP contribution in [-0.4, -0.2) is 41.7 Å². The van der Waals surface area contributed by atoms with Gasteiger partial charge in [-0.05, 0) is 38.8 Å². The van der Waals surface area contributed by atoms with Crippen LogP contribution in [0.4, 0.5) is 10.1 Å². The number of carbonyl (C=O) groups excluding carboxylic acids is 1. The molecule has 3 aromatic rings. The summed E-state index contributed by atoms with van der Waals surface area (Å²) in [6.45, 7) is 5.18. The monoisotopic (exact) mass is 427 g/mol. The fraction of sp³-hybridized carbons (Fsp3) is 0.391. The Kier molecular flexibility index (Phi) is 6.08. The number of nitrogens with zero attached hydrogens (tertiary/aromatic N) is 2. The molecule has 1 fully saturated rings. The van der Waals surface area contributed by atoms with E-state index in [1.165, 1.54) is 25.3 Å². The van der Waals surface area contributed by atoms with E-state index in [2.05, 4.69) is 5.32 Å². The second-order valence-corrected chi connectivity index (χ2v) is 7.83. The lowest BCUT2D eigenvalue weighted by Gasteiger charge is -2.19. The third kappa shape index (κ3) is 4.64. The predicted octanol–water partition coefficient (Wildman–Crippen LogP) is 4.42. The van der Waals surface area contributed by atoms with E-state index >= 15 is 0 Å². The summed E-state index contributed by atoms with van der Waals surface area (Å²) in [5.41, 5.74) is 2.24. The number of aromatic nitrogens is 2. The molecule has 0 saturated carbocycles. The van der Waals surface area contributed by atoms with Gasteiger partial charge in [0.05, 0.1) is 30.2 Å². The summed E-state index contributed by atoms with van der Waals surface area (Å²) in [6.07, 6.45) is 5.35. The van der Waals surface area contributed by atoms with Gasteiger partial charge >= 0.3 is 0 Å². The van der Waals surface area contributed by atoms with E-state index in [1.54, 1.807) is 12.3 Å². The molecular formula is C23H26FN3O4. The van der Waals surface area contributed by atoms with Gasteiger partial charge in [-0.15, -0.1) is 0 Å². The summed E-state index contributed by atoms with van der Waals surface area (Å²) in [6, 6.07) is 5.76. The van der Waals surface area contributed by atoms with Crippen molar-refractivity contribution in [2.45, 2.75) is 38.7 Å². The highest BCUT2D eigenvalue weighted by molar-refractivity contribution is 6.07. The molecule has 1 aliphatic heterocycles. The maximum atomic E-state index is 13.8. The minimum Gasteiger partial charge on any atom is -0.496 e. The van der Waals surface area contributed by atoms with E-state index in [4.69, 9.17) is 19.2 Å². The van der Waals surface area contributed by atoms with Crippen LogP contribution in [-0.2, 0) is 4.74 Å². The largest absolute Gasteiger partial charge is 0.496 e. The van der Waals surface area contributed by atoms with Gasteiger partial charge in [0.1, 0.15) is 23.0 Å². The van der Waals surface area contributed by atoms with Crippen molar-refractivity contribution in [1.82, 2.24) is 9.38 Å². The number of nitrogens with one attached hydrogen (secondary N) is 1. The van der Waals surface area contributed by atoms with Gasteiger partial charge in [-0.25, -0.2) is 9.37 Å². The van der Waals surface area contributed by atoms with Gasteiger partial charge < -0.3 is 23.9 Å². The first-order chi connectivity index (χ1) is 14.9. The molecule has 4 rings (SSSR count). The van der Waals surface area contributed by atoms with Crippen molar-refractivity contribution in [2.24, 2.45) is 0 Å². The number of methoxy groups -OCH3 is 1. The third-order valence-electron chi connectivity index (χ3n) is 5.23. The molecule has 31 heavy (non-hydrogen) atoms. The summed E-state index contributed by atoms with van der Waals surface area (Å²) < 4.78 is 32.2. The van der Waals surface area contributed by atoms with Crippen molar-refractivity contribution < 1.29 is 23.4 Å². The molecule has 0 radical (unpaired) electrons. The van der Waals surface area contributed by atoms with Gasteiger partial charge in [0.25, 0.3) is 5.91 Å². The van der Waals surface area contributed by atoms with Crippen molar-refractivity contribution in [3.8, 4) is 11.5 Å². The molecule has 0 unspecified atom stereocenters. The average molecular weight is 427 g/mol. The molecule has 164 valence electrons. The number of amides is 1. The Labute approximate surface area is 180 Å². The molecule has 1 saturated heterocycles.